The van der Waals surface area contributed by atoms with Crippen LogP contribution in [0.15, 0.2) is 0 Å². The van der Waals surface area contributed by atoms with Crippen LogP contribution in [0.3, 0.4) is 0 Å². The summed E-state index contributed by atoms with van der Waals surface area (Å²) in [6, 6.07) is 0. The van der Waals surface area contributed by atoms with Crippen molar-refractivity contribution in [2.45, 2.75) is 0 Å². The Kier molecular flexibility index (Phi) is 112. The first-order valence-electron chi connectivity index (χ1n) is 3.46. The predicted octanol–water partition coefficient (Wildman–Crippen LogP) is -0.444. The Morgan fingerprint density at radius 2 is 0.722 bits per heavy atom. The molecule has 0 amide bonds. The van der Waals surface area contributed by atoms with Crippen molar-refractivity contribution in [2.24, 2.45) is 0 Å². The van der Waals surface area contributed by atoms with E-state index in [1.807, 2.05) is 38.0 Å². The van der Waals surface area contributed by atoms with Crippen molar-refractivity contribution in [3.05, 3.63) is 33.3 Å². The van der Waals surface area contributed by atoms with Gasteiger partial charge in [0, 0.05) is 0 Å². The summed E-state index contributed by atoms with van der Waals surface area (Å²) in [5.74, 6) is 0. The SMILES string of the molecule is CN(C)[C](=[Cr])N(C)C.[C-]#[O+].[C-]#[O+].[C-]#[O+].[C-]#[O+].[C-]#[O+]. The Balaban J connectivity index is -0.0000000304. The van der Waals surface area contributed by atoms with Crippen LogP contribution < -0.4 is 0 Å². The third-order valence-corrected chi connectivity index (χ3v) is 1.91. The third-order valence-electron chi connectivity index (χ3n) is 0.765. The van der Waals surface area contributed by atoms with Crippen molar-refractivity contribution in [1.29, 1.82) is 0 Å². The van der Waals surface area contributed by atoms with E-state index >= 15 is 0 Å². The van der Waals surface area contributed by atoms with Gasteiger partial charge in [0.25, 0.3) is 0 Å². The van der Waals surface area contributed by atoms with Crippen LogP contribution in [0.4, 0.5) is 0 Å². The van der Waals surface area contributed by atoms with Crippen LogP contribution in [0.1, 0.15) is 0 Å². The molecule has 0 saturated carbocycles. The van der Waals surface area contributed by atoms with Gasteiger partial charge in [-0.1, -0.05) is 0 Å². The molecule has 0 fully saturated rings. The number of nitrogens with zero attached hydrogens (tertiary/aromatic N) is 2. The molecule has 0 aromatic carbocycles. The molecule has 0 aliphatic rings. The van der Waals surface area contributed by atoms with Gasteiger partial charge in [-0.25, -0.2) is 0 Å². The molecule has 0 unspecified atom stereocenters. The number of rotatable bonds is 2. The molecule has 0 radical (unpaired) electrons. The molecule has 0 aliphatic heterocycles. The normalized spacial score (nSPS) is 5.33. The van der Waals surface area contributed by atoms with E-state index in [0.29, 0.717) is 0 Å². The number of hydrogen-bond donors (Lipinski definition) is 0. The molecule has 0 spiro atoms. The molecule has 0 rings (SSSR count). The molecular formula is C10H12CrN2O5. The summed E-state index contributed by atoms with van der Waals surface area (Å²) in [5.41, 5.74) is 0. The second-order valence-corrected chi connectivity index (χ2v) is 2.64. The first-order valence-corrected chi connectivity index (χ1v) is 4.10. The van der Waals surface area contributed by atoms with Gasteiger partial charge in [-0.05, 0) is 0 Å². The minimum absolute atomic E-state index is 1.14. The van der Waals surface area contributed by atoms with Gasteiger partial charge < -0.3 is 0 Å². The van der Waals surface area contributed by atoms with E-state index < -0.39 is 0 Å². The average Bonchev–Trinajstić information content (AvgIpc) is 2.48. The third kappa shape index (κ3) is 59.9. The predicted molar refractivity (Wildman–Crippen MR) is 52.0 cm³/mol. The summed E-state index contributed by atoms with van der Waals surface area (Å²) in [4.78, 5) is 4.06. The second-order valence-electron chi connectivity index (χ2n) is 2.07. The van der Waals surface area contributed by atoms with Gasteiger partial charge in [0.1, 0.15) is 0 Å². The van der Waals surface area contributed by atoms with Gasteiger partial charge in [-0.2, -0.15) is 0 Å². The standard InChI is InChI=1S/C5H12N2.5CO.Cr/c1-6(2)5-7(3)4;5*1-2;/h1-4H3;;;;;;. The Labute approximate surface area is 115 Å². The summed E-state index contributed by atoms with van der Waals surface area (Å²) in [6.07, 6.45) is 0. The maximum atomic E-state index is 7.50. The van der Waals surface area contributed by atoms with Crippen LogP contribution in [-0.2, 0) is 39.1 Å². The average molecular weight is 292 g/mol. The molecule has 0 saturated heterocycles. The monoisotopic (exact) mass is 292 g/mol. The molecule has 8 heteroatoms. The van der Waals surface area contributed by atoms with Crippen molar-refractivity contribution in [1.82, 2.24) is 9.80 Å². The van der Waals surface area contributed by atoms with E-state index in [1.165, 1.54) is 0 Å². The van der Waals surface area contributed by atoms with Gasteiger partial charge in [-0.3, -0.25) is 0 Å². The fraction of sp³-hybridized carbons (Fsp3) is 0.400. The van der Waals surface area contributed by atoms with Gasteiger partial charge >= 0.3 is 115 Å². The molecule has 18 heavy (non-hydrogen) atoms. The number of hydrogen-bond acceptors (Lipinski definition) is 2. The van der Waals surface area contributed by atoms with Crippen molar-refractivity contribution in [3.63, 3.8) is 0 Å². The second kappa shape index (κ2) is 56.2. The van der Waals surface area contributed by atoms with E-state index in [1.54, 1.807) is 0 Å². The van der Waals surface area contributed by atoms with E-state index in [-0.39, 0.29) is 0 Å². The molecule has 0 aromatic rings. The Bertz CT molecular complexity index is 208. The zero-order valence-corrected chi connectivity index (χ0v) is 11.6. The minimum atomic E-state index is 1.14. The molecule has 0 bridgehead atoms. The van der Waals surface area contributed by atoms with Gasteiger partial charge in [-0.15, -0.1) is 0 Å². The summed E-state index contributed by atoms with van der Waals surface area (Å²) in [7, 11) is 8.02. The van der Waals surface area contributed by atoms with Crippen molar-refractivity contribution < 1.29 is 39.1 Å². The topological polar surface area (TPSA) is 106 Å². The summed E-state index contributed by atoms with van der Waals surface area (Å²) in [5, 5.41) is 0. The van der Waals surface area contributed by atoms with Crippen molar-refractivity contribution >= 4 is 4.63 Å². The van der Waals surface area contributed by atoms with Crippen LogP contribution in [0.2, 0.25) is 0 Å². The zero-order chi connectivity index (χ0) is 16.7. The maximum absolute atomic E-state index is 7.50. The van der Waals surface area contributed by atoms with Crippen LogP contribution in [-0.4, -0.2) is 42.6 Å². The summed E-state index contributed by atoms with van der Waals surface area (Å²) >= 11 is 2.94. The van der Waals surface area contributed by atoms with E-state index in [2.05, 4.69) is 49.1 Å². The van der Waals surface area contributed by atoms with E-state index in [0.717, 1.165) is 4.63 Å². The van der Waals surface area contributed by atoms with Gasteiger partial charge in [0.2, 0.25) is 0 Å². The molecule has 0 aromatic heterocycles. The Hall–Kier alpha value is -0.978. The first-order chi connectivity index (χ1) is 8.55. The molecule has 98 valence electrons. The van der Waals surface area contributed by atoms with Gasteiger partial charge in [0.05, 0.1) is 0 Å². The van der Waals surface area contributed by atoms with Crippen LogP contribution in [0, 0.1) is 33.3 Å². The van der Waals surface area contributed by atoms with Crippen molar-refractivity contribution in [2.75, 3.05) is 28.2 Å². The molecule has 0 atom stereocenters. The summed E-state index contributed by atoms with van der Waals surface area (Å²) < 4.78 is 38.6. The Morgan fingerprint density at radius 3 is 0.722 bits per heavy atom. The van der Waals surface area contributed by atoms with E-state index in [9.17, 15) is 0 Å². The van der Waals surface area contributed by atoms with Crippen LogP contribution >= 0.6 is 0 Å². The molecular weight excluding hydrogens is 280 g/mol. The van der Waals surface area contributed by atoms with Crippen LogP contribution in [0.25, 0.3) is 0 Å². The quantitative estimate of drug-likeness (QED) is 0.508. The summed E-state index contributed by atoms with van der Waals surface area (Å²) in [6.45, 7) is 22.5. The first kappa shape index (κ1) is 36.0. The van der Waals surface area contributed by atoms with Crippen molar-refractivity contribution in [3.8, 4) is 0 Å². The zero-order valence-electron chi connectivity index (χ0n) is 10.3. The molecule has 0 N–H and O–H groups in total. The Morgan fingerprint density at radius 1 is 0.611 bits per heavy atom. The molecule has 0 heterocycles. The fourth-order valence-corrected chi connectivity index (χ4v) is 0.400. The molecule has 7 nitrogen and oxygen atoms in total. The fourth-order valence-electron chi connectivity index (χ4n) is 0.400. The van der Waals surface area contributed by atoms with Crippen LogP contribution in [0.5, 0.6) is 0 Å². The van der Waals surface area contributed by atoms with E-state index in [4.69, 9.17) is 23.3 Å². The van der Waals surface area contributed by atoms with Gasteiger partial charge in [0.15, 0.2) is 0 Å². The molecule has 0 aliphatic carbocycles.